The zero-order valence-electron chi connectivity index (χ0n) is 14.1. The summed E-state index contributed by atoms with van der Waals surface area (Å²) < 4.78 is 34.8. The molecule has 0 spiro atoms. The molecular formula is C16H19ClN4O4S. The second-order valence-corrected chi connectivity index (χ2v) is 8.02. The van der Waals surface area contributed by atoms with Crippen LogP contribution in [-0.4, -0.2) is 45.2 Å². The number of halogens is 1. The molecule has 3 rings (SSSR count). The first-order chi connectivity index (χ1) is 12.3. The third-order valence-electron chi connectivity index (χ3n) is 4.10. The van der Waals surface area contributed by atoms with Crippen LogP contribution >= 0.6 is 11.6 Å². The topological polar surface area (TPSA) is 107 Å². The predicted molar refractivity (Wildman–Crippen MR) is 99.2 cm³/mol. The van der Waals surface area contributed by atoms with Crippen molar-refractivity contribution in [3.8, 4) is 0 Å². The first-order valence-electron chi connectivity index (χ1n) is 7.89. The van der Waals surface area contributed by atoms with Crippen LogP contribution in [0, 0.1) is 0 Å². The van der Waals surface area contributed by atoms with Gasteiger partial charge in [-0.15, -0.1) is 0 Å². The first kappa shape index (κ1) is 18.6. The summed E-state index contributed by atoms with van der Waals surface area (Å²) >= 11 is 6.06. The number of morpholine rings is 1. The van der Waals surface area contributed by atoms with E-state index in [1.54, 1.807) is 25.2 Å². The minimum Gasteiger partial charge on any atom is -0.378 e. The molecule has 0 saturated carbocycles. The number of carbonyl (C=O) groups excluding carboxylic acids is 1. The van der Waals surface area contributed by atoms with Crippen LogP contribution < -0.4 is 15.4 Å². The lowest BCUT2D eigenvalue weighted by molar-refractivity contribution is 0.0992. The summed E-state index contributed by atoms with van der Waals surface area (Å²) in [7, 11) is -2.37. The monoisotopic (exact) mass is 398 g/mol. The van der Waals surface area contributed by atoms with Gasteiger partial charge in [-0.3, -0.25) is 9.52 Å². The number of nitrogens with two attached hydrogens (primary N) is 1. The predicted octanol–water partition coefficient (Wildman–Crippen LogP) is 1.41. The Morgan fingerprint density at radius 1 is 1.27 bits per heavy atom. The Kier molecular flexibility index (Phi) is 5.12. The molecule has 1 aromatic carbocycles. The molecule has 10 heteroatoms. The zero-order valence-corrected chi connectivity index (χ0v) is 15.7. The number of hydrogen-bond acceptors (Lipinski definition) is 5. The molecule has 1 saturated heterocycles. The molecule has 1 fully saturated rings. The molecule has 0 bridgehead atoms. The Labute approximate surface area is 156 Å². The molecule has 2 aromatic rings. The fourth-order valence-corrected chi connectivity index (χ4v) is 4.11. The summed E-state index contributed by atoms with van der Waals surface area (Å²) in [5, 5.41) is 0.408. The van der Waals surface area contributed by atoms with E-state index in [1.165, 1.54) is 16.8 Å². The van der Waals surface area contributed by atoms with Gasteiger partial charge in [0.1, 0.15) is 10.6 Å². The molecule has 3 N–H and O–H groups in total. The van der Waals surface area contributed by atoms with E-state index in [-0.39, 0.29) is 10.6 Å². The van der Waals surface area contributed by atoms with E-state index in [9.17, 15) is 13.2 Å². The lowest BCUT2D eigenvalue weighted by Gasteiger charge is -2.30. The third-order valence-corrected chi connectivity index (χ3v) is 5.66. The minimum absolute atomic E-state index is 0.0540. The van der Waals surface area contributed by atoms with Gasteiger partial charge >= 0.3 is 0 Å². The summed E-state index contributed by atoms with van der Waals surface area (Å²) in [6.07, 6.45) is 1.33. The maximum Gasteiger partial charge on any atom is 0.265 e. The lowest BCUT2D eigenvalue weighted by atomic mass is 10.2. The zero-order chi connectivity index (χ0) is 18.9. The normalized spacial score (nSPS) is 15.1. The van der Waals surface area contributed by atoms with Gasteiger partial charge in [-0.25, -0.2) is 8.42 Å². The quantitative estimate of drug-likeness (QED) is 0.792. The summed E-state index contributed by atoms with van der Waals surface area (Å²) in [6, 6.07) is 6.27. The van der Waals surface area contributed by atoms with Crippen LogP contribution in [0.25, 0.3) is 0 Å². The highest BCUT2D eigenvalue weighted by Crippen LogP contribution is 2.32. The van der Waals surface area contributed by atoms with Gasteiger partial charge in [-0.05, 0) is 24.3 Å². The van der Waals surface area contributed by atoms with Crippen LogP contribution in [0.5, 0.6) is 0 Å². The van der Waals surface area contributed by atoms with Crippen molar-refractivity contribution in [1.82, 2.24) is 4.57 Å². The molecule has 26 heavy (non-hydrogen) atoms. The number of sulfonamides is 1. The minimum atomic E-state index is -3.92. The van der Waals surface area contributed by atoms with Gasteiger partial charge in [0, 0.05) is 31.4 Å². The van der Waals surface area contributed by atoms with Gasteiger partial charge in [-0.2, -0.15) is 0 Å². The molecular weight excluding hydrogens is 380 g/mol. The van der Waals surface area contributed by atoms with Crippen molar-refractivity contribution < 1.29 is 17.9 Å². The van der Waals surface area contributed by atoms with Gasteiger partial charge in [0.15, 0.2) is 0 Å². The molecule has 1 aliphatic rings. The summed E-state index contributed by atoms with van der Waals surface area (Å²) in [6.45, 7) is 2.42. The summed E-state index contributed by atoms with van der Waals surface area (Å²) in [4.78, 5) is 13.3. The molecule has 0 aliphatic carbocycles. The summed E-state index contributed by atoms with van der Waals surface area (Å²) in [5.74, 6) is -0.703. The third kappa shape index (κ3) is 3.79. The van der Waals surface area contributed by atoms with Crippen LogP contribution in [0.1, 0.15) is 10.5 Å². The highest BCUT2D eigenvalue weighted by atomic mass is 35.5. The lowest BCUT2D eigenvalue weighted by Crippen LogP contribution is -2.36. The molecule has 2 heterocycles. The molecule has 0 atom stereocenters. The molecule has 0 radical (unpaired) electrons. The summed E-state index contributed by atoms with van der Waals surface area (Å²) in [5.41, 5.74) is 6.44. The number of amides is 1. The van der Waals surface area contributed by atoms with Gasteiger partial charge in [0.2, 0.25) is 0 Å². The average molecular weight is 399 g/mol. The molecule has 0 unspecified atom stereocenters. The standard InChI is InChI=1S/C16H19ClN4O4S/c1-20-10-12(9-15(20)16(18)22)26(23,24)19-13-8-11(17)2-3-14(13)21-4-6-25-7-5-21/h2-3,8-10,19H,4-7H2,1H3,(H2,18,22). The van der Waals surface area contributed by atoms with Crippen LogP contribution in [-0.2, 0) is 21.8 Å². The number of ether oxygens (including phenoxy) is 1. The van der Waals surface area contributed by atoms with Crippen molar-refractivity contribution in [2.75, 3.05) is 35.9 Å². The number of nitrogens with zero attached hydrogens (tertiary/aromatic N) is 2. The molecule has 8 nitrogen and oxygen atoms in total. The number of carbonyl (C=O) groups is 1. The Bertz CT molecular complexity index is 936. The number of aromatic nitrogens is 1. The Morgan fingerprint density at radius 3 is 2.58 bits per heavy atom. The smallest absolute Gasteiger partial charge is 0.265 e. The first-order valence-corrected chi connectivity index (χ1v) is 9.75. The molecule has 1 aromatic heterocycles. The maximum absolute atomic E-state index is 12.8. The van der Waals surface area contributed by atoms with Crippen LogP contribution in [0.4, 0.5) is 11.4 Å². The van der Waals surface area contributed by atoms with E-state index in [2.05, 4.69) is 4.72 Å². The van der Waals surface area contributed by atoms with Crippen molar-refractivity contribution in [3.63, 3.8) is 0 Å². The van der Waals surface area contributed by atoms with Gasteiger partial charge in [0.25, 0.3) is 15.9 Å². The van der Waals surface area contributed by atoms with E-state index < -0.39 is 15.9 Å². The number of benzene rings is 1. The maximum atomic E-state index is 12.8. The van der Waals surface area contributed by atoms with E-state index in [0.717, 1.165) is 0 Å². The van der Waals surface area contributed by atoms with E-state index >= 15 is 0 Å². The number of primary amides is 1. The number of aryl methyl sites for hydroxylation is 1. The Hall–Kier alpha value is -2.23. The number of nitrogens with one attached hydrogen (secondary N) is 1. The molecule has 1 aliphatic heterocycles. The number of rotatable bonds is 5. The van der Waals surface area contributed by atoms with Crippen LogP contribution in [0.3, 0.4) is 0 Å². The van der Waals surface area contributed by atoms with Crippen molar-refractivity contribution in [2.24, 2.45) is 12.8 Å². The number of anilines is 2. The van der Waals surface area contributed by atoms with Gasteiger partial charge in [0.05, 0.1) is 24.6 Å². The van der Waals surface area contributed by atoms with Gasteiger partial charge < -0.3 is 19.9 Å². The van der Waals surface area contributed by atoms with Crippen molar-refractivity contribution in [3.05, 3.63) is 41.2 Å². The van der Waals surface area contributed by atoms with Crippen LogP contribution in [0.2, 0.25) is 5.02 Å². The fourth-order valence-electron chi connectivity index (χ4n) is 2.80. The average Bonchev–Trinajstić information content (AvgIpc) is 2.98. The molecule has 1 amide bonds. The van der Waals surface area contributed by atoms with Crippen LogP contribution in [0.15, 0.2) is 35.4 Å². The van der Waals surface area contributed by atoms with E-state index in [1.807, 2.05) is 4.90 Å². The second kappa shape index (κ2) is 7.18. The van der Waals surface area contributed by atoms with Gasteiger partial charge in [-0.1, -0.05) is 11.6 Å². The Balaban J connectivity index is 1.95. The Morgan fingerprint density at radius 2 is 1.96 bits per heavy atom. The fraction of sp³-hybridized carbons (Fsp3) is 0.312. The van der Waals surface area contributed by atoms with Crippen molar-refractivity contribution in [2.45, 2.75) is 4.90 Å². The SMILES string of the molecule is Cn1cc(S(=O)(=O)Nc2cc(Cl)ccc2N2CCOCC2)cc1C(N)=O. The van der Waals surface area contributed by atoms with Crippen molar-refractivity contribution in [1.29, 1.82) is 0 Å². The number of hydrogen-bond donors (Lipinski definition) is 2. The second-order valence-electron chi connectivity index (χ2n) is 5.90. The highest BCUT2D eigenvalue weighted by Gasteiger charge is 2.23. The van der Waals surface area contributed by atoms with E-state index in [0.29, 0.717) is 42.7 Å². The van der Waals surface area contributed by atoms with Crippen molar-refractivity contribution >= 4 is 38.9 Å². The molecule has 140 valence electrons. The largest absolute Gasteiger partial charge is 0.378 e. The highest BCUT2D eigenvalue weighted by molar-refractivity contribution is 7.92. The van der Waals surface area contributed by atoms with E-state index in [4.69, 9.17) is 22.1 Å².